The maximum absolute atomic E-state index is 12.8. The van der Waals surface area contributed by atoms with Crippen LogP contribution >= 0.6 is 11.6 Å². The quantitative estimate of drug-likeness (QED) is 0.178. The largest absolute Gasteiger partial charge is 0.391 e. The number of urea groups is 1. The predicted octanol–water partition coefficient (Wildman–Crippen LogP) is -1.38. The zero-order valence-electron chi connectivity index (χ0n) is 18.6. The van der Waals surface area contributed by atoms with Gasteiger partial charge in [-0.25, -0.2) is 4.79 Å². The van der Waals surface area contributed by atoms with Gasteiger partial charge in [0.25, 0.3) is 0 Å². The molecule has 13 heteroatoms. The zero-order valence-corrected chi connectivity index (χ0v) is 19.3. The summed E-state index contributed by atoms with van der Waals surface area (Å²) in [7, 11) is 1.41. The SMILES string of the molecule is CNC(=O)C(CCN)NC(=O)C(NC(=O)C(CCN)NC(=O)Nc1ccccc1Cl)C(C)O. The first kappa shape index (κ1) is 28.1. The molecule has 4 atom stereocenters. The number of carbonyl (C=O) groups is 4. The second kappa shape index (κ2) is 14.3. The first-order chi connectivity index (χ1) is 15.6. The minimum absolute atomic E-state index is 0.0595. The third kappa shape index (κ3) is 9.22. The van der Waals surface area contributed by atoms with Gasteiger partial charge in [0.1, 0.15) is 18.1 Å². The number of amides is 5. The number of nitrogens with one attached hydrogen (secondary N) is 5. The summed E-state index contributed by atoms with van der Waals surface area (Å²) < 4.78 is 0. The molecule has 0 fully saturated rings. The molecule has 1 aromatic rings. The number of nitrogens with two attached hydrogens (primary N) is 2. The third-order valence-electron chi connectivity index (χ3n) is 4.60. The van der Waals surface area contributed by atoms with E-state index >= 15 is 0 Å². The van der Waals surface area contributed by atoms with E-state index < -0.39 is 48.0 Å². The number of carbonyl (C=O) groups excluding carboxylic acids is 4. The van der Waals surface area contributed by atoms with Crippen molar-refractivity contribution in [3.8, 4) is 0 Å². The lowest BCUT2D eigenvalue weighted by atomic mass is 10.1. The number of likely N-dealkylation sites (N-methyl/N-ethyl adjacent to an activating group) is 1. The maximum atomic E-state index is 12.8. The van der Waals surface area contributed by atoms with Crippen molar-refractivity contribution in [3.63, 3.8) is 0 Å². The normalized spacial score (nSPS) is 14.2. The summed E-state index contributed by atoms with van der Waals surface area (Å²) in [6, 6.07) is 2.39. The summed E-state index contributed by atoms with van der Waals surface area (Å²) in [4.78, 5) is 49.7. The molecule has 184 valence electrons. The van der Waals surface area contributed by atoms with Gasteiger partial charge in [-0.3, -0.25) is 14.4 Å². The molecular formula is C20H32ClN7O5. The van der Waals surface area contributed by atoms with Crippen LogP contribution in [0.15, 0.2) is 24.3 Å². The van der Waals surface area contributed by atoms with Crippen molar-refractivity contribution < 1.29 is 24.3 Å². The van der Waals surface area contributed by atoms with Gasteiger partial charge >= 0.3 is 6.03 Å². The molecule has 0 bridgehead atoms. The Balaban J connectivity index is 2.87. The maximum Gasteiger partial charge on any atom is 0.319 e. The minimum Gasteiger partial charge on any atom is -0.391 e. The first-order valence-electron chi connectivity index (χ1n) is 10.4. The Morgan fingerprint density at radius 2 is 1.52 bits per heavy atom. The van der Waals surface area contributed by atoms with Gasteiger partial charge in [0, 0.05) is 7.05 Å². The van der Waals surface area contributed by atoms with Crippen LogP contribution in [0.3, 0.4) is 0 Å². The van der Waals surface area contributed by atoms with Crippen LogP contribution in [-0.2, 0) is 14.4 Å². The van der Waals surface area contributed by atoms with Gasteiger partial charge in [0.2, 0.25) is 17.7 Å². The van der Waals surface area contributed by atoms with Crippen molar-refractivity contribution in [3.05, 3.63) is 29.3 Å². The second-order valence-corrected chi connectivity index (χ2v) is 7.60. The molecule has 0 radical (unpaired) electrons. The Labute approximate surface area is 197 Å². The van der Waals surface area contributed by atoms with Crippen molar-refractivity contribution in [2.24, 2.45) is 11.5 Å². The van der Waals surface area contributed by atoms with Crippen molar-refractivity contribution in [1.82, 2.24) is 21.3 Å². The van der Waals surface area contributed by atoms with E-state index in [9.17, 15) is 24.3 Å². The first-order valence-corrected chi connectivity index (χ1v) is 10.7. The second-order valence-electron chi connectivity index (χ2n) is 7.19. The van der Waals surface area contributed by atoms with Gasteiger partial charge in [-0.2, -0.15) is 0 Å². The minimum atomic E-state index is -1.39. The standard InChI is InChI=1S/C20H32ClN7O5/c1-11(29)16(19(32)25-14(7-9-22)17(30)24-2)28-18(31)15(8-10-23)27-20(33)26-13-6-4-3-5-12(13)21/h3-6,11,14-16,29H,7-10,22-23H2,1-2H3,(H,24,30)(H,25,32)(H,28,31)(H2,26,27,33). The lowest BCUT2D eigenvalue weighted by molar-refractivity contribution is -0.134. The van der Waals surface area contributed by atoms with Crippen molar-refractivity contribution >= 4 is 41.0 Å². The van der Waals surface area contributed by atoms with Gasteiger partial charge in [-0.1, -0.05) is 23.7 Å². The fourth-order valence-corrected chi connectivity index (χ4v) is 3.03. The molecule has 0 aliphatic rings. The summed E-state index contributed by atoms with van der Waals surface area (Å²) >= 11 is 6.01. The van der Waals surface area contributed by atoms with Crippen LogP contribution in [-0.4, -0.2) is 73.2 Å². The molecule has 0 saturated heterocycles. The molecule has 1 rings (SSSR count). The van der Waals surface area contributed by atoms with Gasteiger partial charge in [-0.15, -0.1) is 0 Å². The van der Waals surface area contributed by atoms with E-state index in [-0.39, 0.29) is 25.9 Å². The number of benzene rings is 1. The van der Waals surface area contributed by atoms with Gasteiger partial charge in [0.05, 0.1) is 16.8 Å². The molecule has 33 heavy (non-hydrogen) atoms. The van der Waals surface area contributed by atoms with Gasteiger partial charge in [-0.05, 0) is 45.0 Å². The summed E-state index contributed by atoms with van der Waals surface area (Å²) in [6.45, 7) is 1.50. The molecular weight excluding hydrogens is 454 g/mol. The molecule has 0 spiro atoms. The van der Waals surface area contributed by atoms with E-state index in [4.69, 9.17) is 23.1 Å². The zero-order chi connectivity index (χ0) is 25.0. The Bertz CT molecular complexity index is 824. The Kier molecular flexibility index (Phi) is 12.1. The Morgan fingerprint density at radius 1 is 0.939 bits per heavy atom. The van der Waals surface area contributed by atoms with Crippen LogP contribution in [0.25, 0.3) is 0 Å². The molecule has 0 heterocycles. The molecule has 5 amide bonds. The molecule has 0 aliphatic heterocycles. The highest BCUT2D eigenvalue weighted by Gasteiger charge is 2.31. The molecule has 0 aromatic heterocycles. The number of para-hydroxylation sites is 1. The molecule has 12 nitrogen and oxygen atoms in total. The predicted molar refractivity (Wildman–Crippen MR) is 124 cm³/mol. The number of aliphatic hydroxyl groups is 1. The van der Waals surface area contributed by atoms with Crippen LogP contribution in [0.4, 0.5) is 10.5 Å². The monoisotopic (exact) mass is 485 g/mol. The lowest BCUT2D eigenvalue weighted by Crippen LogP contribution is -2.60. The lowest BCUT2D eigenvalue weighted by Gasteiger charge is -2.26. The van der Waals surface area contributed by atoms with Crippen LogP contribution in [0.5, 0.6) is 0 Å². The fraction of sp³-hybridized carbons (Fsp3) is 0.500. The van der Waals surface area contributed by atoms with Gasteiger partial charge in [0.15, 0.2) is 0 Å². The number of rotatable bonds is 12. The average molecular weight is 486 g/mol. The summed E-state index contributed by atoms with van der Waals surface area (Å²) in [5.41, 5.74) is 11.4. The topological polar surface area (TPSA) is 201 Å². The van der Waals surface area contributed by atoms with E-state index in [0.29, 0.717) is 10.7 Å². The highest BCUT2D eigenvalue weighted by Crippen LogP contribution is 2.20. The number of aliphatic hydroxyl groups excluding tert-OH is 1. The summed E-state index contributed by atoms with van der Waals surface area (Å²) in [6.07, 6.45) is -1.08. The number of hydrogen-bond donors (Lipinski definition) is 8. The highest BCUT2D eigenvalue weighted by molar-refractivity contribution is 6.33. The molecule has 4 unspecified atom stereocenters. The van der Waals surface area contributed by atoms with Crippen molar-refractivity contribution in [2.45, 2.75) is 44.0 Å². The molecule has 0 saturated carbocycles. The Morgan fingerprint density at radius 3 is 2.03 bits per heavy atom. The van der Waals surface area contributed by atoms with E-state index in [1.807, 2.05) is 0 Å². The third-order valence-corrected chi connectivity index (χ3v) is 4.93. The van der Waals surface area contributed by atoms with E-state index in [0.717, 1.165) is 0 Å². The number of halogens is 1. The van der Waals surface area contributed by atoms with Crippen molar-refractivity contribution in [2.75, 3.05) is 25.5 Å². The Hall–Kier alpha value is -2.93. The van der Waals surface area contributed by atoms with E-state index in [1.54, 1.807) is 24.3 Å². The van der Waals surface area contributed by atoms with Gasteiger partial charge < -0.3 is 43.2 Å². The van der Waals surface area contributed by atoms with Crippen LogP contribution in [0.1, 0.15) is 19.8 Å². The number of hydrogen-bond acceptors (Lipinski definition) is 7. The molecule has 10 N–H and O–H groups in total. The van der Waals surface area contributed by atoms with Crippen LogP contribution in [0, 0.1) is 0 Å². The van der Waals surface area contributed by atoms with Crippen molar-refractivity contribution in [1.29, 1.82) is 0 Å². The molecule has 1 aromatic carbocycles. The summed E-state index contributed by atoms with van der Waals surface area (Å²) in [5.74, 6) is -2.00. The van der Waals surface area contributed by atoms with E-state index in [1.165, 1.54) is 14.0 Å². The summed E-state index contributed by atoms with van der Waals surface area (Å²) in [5, 5.41) is 22.6. The number of anilines is 1. The smallest absolute Gasteiger partial charge is 0.319 e. The fourth-order valence-electron chi connectivity index (χ4n) is 2.84. The highest BCUT2D eigenvalue weighted by atomic mass is 35.5. The van der Waals surface area contributed by atoms with Crippen LogP contribution < -0.4 is 38.1 Å². The molecule has 0 aliphatic carbocycles. The average Bonchev–Trinajstić information content (AvgIpc) is 2.77. The van der Waals surface area contributed by atoms with Crippen LogP contribution in [0.2, 0.25) is 5.02 Å². The van der Waals surface area contributed by atoms with E-state index in [2.05, 4.69) is 26.6 Å².